The molecule has 2 aromatic heterocycles. The van der Waals surface area contributed by atoms with Crippen molar-refractivity contribution in [2.24, 2.45) is 0 Å². The van der Waals surface area contributed by atoms with Crippen LogP contribution in [0.25, 0.3) is 11.5 Å². The first-order valence-electron chi connectivity index (χ1n) is 9.41. The Balaban J connectivity index is 1.68. The third-order valence-electron chi connectivity index (χ3n) is 4.78. The molecule has 28 heavy (non-hydrogen) atoms. The molecular weight excluding hydrogens is 352 g/mol. The molecule has 0 aliphatic rings. The molecule has 2 heterocycles. The molecular formula is C22H24N4O2. The lowest BCUT2D eigenvalue weighted by Gasteiger charge is -2.16. The molecule has 144 valence electrons. The Hall–Kier alpha value is -3.28. The van der Waals surface area contributed by atoms with Crippen LogP contribution in [0.5, 0.6) is 0 Å². The standard InChI is InChI=1S/C22H24N4O2/c1-3-16(17-9-5-4-6-10-17)14-24-20(27)13-18-15(2)25-21(26-22(18)28)19-11-7-8-12-23-19/h4-12,16H,3,13-14H2,1-2H3,(H,24,27)(H,25,26,28)/t16-/m0/s1. The van der Waals surface area contributed by atoms with Crippen LogP contribution < -0.4 is 10.9 Å². The van der Waals surface area contributed by atoms with Crippen LogP contribution >= 0.6 is 0 Å². The van der Waals surface area contributed by atoms with Crippen LogP contribution in [0.4, 0.5) is 0 Å². The molecule has 0 aliphatic carbocycles. The highest BCUT2D eigenvalue weighted by molar-refractivity contribution is 5.78. The van der Waals surface area contributed by atoms with Gasteiger partial charge in [0.1, 0.15) is 5.69 Å². The van der Waals surface area contributed by atoms with Gasteiger partial charge in [-0.15, -0.1) is 0 Å². The maximum Gasteiger partial charge on any atom is 0.255 e. The van der Waals surface area contributed by atoms with Crippen molar-refractivity contribution in [1.29, 1.82) is 0 Å². The highest BCUT2D eigenvalue weighted by atomic mass is 16.2. The summed E-state index contributed by atoms with van der Waals surface area (Å²) in [5, 5.41) is 2.95. The van der Waals surface area contributed by atoms with Crippen molar-refractivity contribution in [2.75, 3.05) is 6.54 Å². The maximum atomic E-state index is 12.5. The molecule has 0 spiro atoms. The van der Waals surface area contributed by atoms with Crippen molar-refractivity contribution in [2.45, 2.75) is 32.6 Å². The summed E-state index contributed by atoms with van der Waals surface area (Å²) in [6, 6.07) is 15.5. The summed E-state index contributed by atoms with van der Waals surface area (Å²) in [6.45, 7) is 4.37. The molecule has 0 saturated carbocycles. The maximum absolute atomic E-state index is 12.5. The van der Waals surface area contributed by atoms with Gasteiger partial charge < -0.3 is 10.3 Å². The van der Waals surface area contributed by atoms with Gasteiger partial charge in [-0.1, -0.05) is 43.3 Å². The van der Waals surface area contributed by atoms with Crippen molar-refractivity contribution in [1.82, 2.24) is 20.3 Å². The average molecular weight is 376 g/mol. The number of hydrogen-bond donors (Lipinski definition) is 2. The van der Waals surface area contributed by atoms with Crippen LogP contribution in [-0.2, 0) is 11.2 Å². The van der Waals surface area contributed by atoms with Crippen molar-refractivity contribution in [3.8, 4) is 11.5 Å². The van der Waals surface area contributed by atoms with Gasteiger partial charge >= 0.3 is 0 Å². The minimum absolute atomic E-state index is 0.00187. The fourth-order valence-corrected chi connectivity index (χ4v) is 3.13. The van der Waals surface area contributed by atoms with Gasteiger partial charge in [-0.2, -0.15) is 0 Å². The predicted molar refractivity (Wildman–Crippen MR) is 109 cm³/mol. The minimum Gasteiger partial charge on any atom is -0.355 e. The topological polar surface area (TPSA) is 87.7 Å². The Kier molecular flexibility index (Phi) is 6.32. The Labute approximate surface area is 164 Å². The largest absolute Gasteiger partial charge is 0.355 e. The molecule has 1 aromatic carbocycles. The van der Waals surface area contributed by atoms with E-state index in [0.29, 0.717) is 29.3 Å². The second-order valence-electron chi connectivity index (χ2n) is 6.69. The molecule has 0 fully saturated rings. The summed E-state index contributed by atoms with van der Waals surface area (Å²) in [5.74, 6) is 0.465. The van der Waals surface area contributed by atoms with Gasteiger partial charge in [-0.05, 0) is 31.0 Å². The Morgan fingerprint density at radius 1 is 1.14 bits per heavy atom. The summed E-state index contributed by atoms with van der Waals surface area (Å²) in [7, 11) is 0. The summed E-state index contributed by atoms with van der Waals surface area (Å²) in [4.78, 5) is 36.2. The highest BCUT2D eigenvalue weighted by Crippen LogP contribution is 2.18. The van der Waals surface area contributed by atoms with E-state index < -0.39 is 0 Å². The molecule has 3 aromatic rings. The average Bonchev–Trinajstić information content (AvgIpc) is 2.72. The number of H-pyrrole nitrogens is 1. The van der Waals surface area contributed by atoms with E-state index in [1.54, 1.807) is 25.3 Å². The van der Waals surface area contributed by atoms with E-state index in [4.69, 9.17) is 0 Å². The molecule has 2 N–H and O–H groups in total. The Morgan fingerprint density at radius 3 is 2.54 bits per heavy atom. The van der Waals surface area contributed by atoms with Gasteiger partial charge in [0.15, 0.2) is 5.82 Å². The SMILES string of the molecule is CC[C@@H](CNC(=O)Cc1c(C)nc(-c2ccccn2)[nH]c1=O)c1ccccc1. The van der Waals surface area contributed by atoms with Crippen LogP contribution in [-0.4, -0.2) is 27.4 Å². The number of nitrogens with one attached hydrogen (secondary N) is 2. The van der Waals surface area contributed by atoms with Gasteiger partial charge in [0.05, 0.1) is 6.42 Å². The van der Waals surface area contributed by atoms with Gasteiger partial charge in [0, 0.05) is 29.9 Å². The third kappa shape index (κ3) is 4.71. The second-order valence-corrected chi connectivity index (χ2v) is 6.69. The first-order chi connectivity index (χ1) is 13.6. The second kappa shape index (κ2) is 9.08. The highest BCUT2D eigenvalue weighted by Gasteiger charge is 2.15. The van der Waals surface area contributed by atoms with E-state index in [2.05, 4.69) is 39.3 Å². The number of carbonyl (C=O) groups excluding carboxylic acids is 1. The summed E-state index contributed by atoms with van der Waals surface area (Å²) in [6.07, 6.45) is 2.56. The lowest BCUT2D eigenvalue weighted by Crippen LogP contribution is -2.32. The van der Waals surface area contributed by atoms with E-state index in [1.807, 2.05) is 24.3 Å². The number of aryl methyl sites for hydroxylation is 1. The van der Waals surface area contributed by atoms with Crippen LogP contribution in [0.2, 0.25) is 0 Å². The molecule has 0 bridgehead atoms. The predicted octanol–water partition coefficient (Wildman–Crippen LogP) is 2.99. The fraction of sp³-hybridized carbons (Fsp3) is 0.273. The quantitative estimate of drug-likeness (QED) is 0.664. The first-order valence-corrected chi connectivity index (χ1v) is 9.41. The number of aromatic amines is 1. The fourth-order valence-electron chi connectivity index (χ4n) is 3.13. The summed E-state index contributed by atoms with van der Waals surface area (Å²) < 4.78 is 0. The number of rotatable bonds is 7. The van der Waals surface area contributed by atoms with E-state index in [1.165, 1.54) is 5.56 Å². The van der Waals surface area contributed by atoms with Gasteiger partial charge in [-0.25, -0.2) is 4.98 Å². The Morgan fingerprint density at radius 2 is 1.89 bits per heavy atom. The van der Waals surface area contributed by atoms with Gasteiger partial charge in [0.25, 0.3) is 5.56 Å². The number of amides is 1. The molecule has 0 unspecified atom stereocenters. The first kappa shape index (κ1) is 19.5. The monoisotopic (exact) mass is 376 g/mol. The lowest BCUT2D eigenvalue weighted by atomic mass is 9.96. The number of pyridine rings is 1. The van der Waals surface area contributed by atoms with Crippen LogP contribution in [0.15, 0.2) is 59.5 Å². The molecule has 6 nitrogen and oxygen atoms in total. The molecule has 0 aliphatic heterocycles. The van der Waals surface area contributed by atoms with E-state index in [0.717, 1.165) is 6.42 Å². The molecule has 0 radical (unpaired) electrons. The molecule has 1 amide bonds. The number of aromatic nitrogens is 3. The minimum atomic E-state index is -0.307. The number of benzene rings is 1. The van der Waals surface area contributed by atoms with Crippen molar-refractivity contribution >= 4 is 5.91 Å². The lowest BCUT2D eigenvalue weighted by molar-refractivity contribution is -0.120. The summed E-state index contributed by atoms with van der Waals surface area (Å²) >= 11 is 0. The number of hydrogen-bond acceptors (Lipinski definition) is 4. The van der Waals surface area contributed by atoms with Crippen molar-refractivity contribution in [3.05, 3.63) is 81.9 Å². The zero-order chi connectivity index (χ0) is 19.9. The van der Waals surface area contributed by atoms with Crippen LogP contribution in [0, 0.1) is 6.92 Å². The van der Waals surface area contributed by atoms with Crippen LogP contribution in [0.1, 0.15) is 36.1 Å². The molecule has 0 saturated heterocycles. The van der Waals surface area contributed by atoms with Crippen LogP contribution in [0.3, 0.4) is 0 Å². The number of carbonyl (C=O) groups is 1. The summed E-state index contributed by atoms with van der Waals surface area (Å²) in [5.41, 5.74) is 2.39. The molecule has 6 heteroatoms. The smallest absolute Gasteiger partial charge is 0.255 e. The Bertz CT molecular complexity index is 984. The van der Waals surface area contributed by atoms with Crippen molar-refractivity contribution < 1.29 is 4.79 Å². The van der Waals surface area contributed by atoms with Gasteiger partial charge in [0.2, 0.25) is 5.91 Å². The zero-order valence-corrected chi connectivity index (χ0v) is 16.1. The third-order valence-corrected chi connectivity index (χ3v) is 4.78. The van der Waals surface area contributed by atoms with E-state index >= 15 is 0 Å². The zero-order valence-electron chi connectivity index (χ0n) is 16.1. The molecule has 1 atom stereocenters. The van der Waals surface area contributed by atoms with Crippen molar-refractivity contribution in [3.63, 3.8) is 0 Å². The van der Waals surface area contributed by atoms with E-state index in [-0.39, 0.29) is 23.8 Å². The molecule has 3 rings (SSSR count). The number of nitrogens with zero attached hydrogens (tertiary/aromatic N) is 2. The van der Waals surface area contributed by atoms with E-state index in [9.17, 15) is 9.59 Å². The normalized spacial score (nSPS) is 11.8. The van der Waals surface area contributed by atoms with Gasteiger partial charge in [-0.3, -0.25) is 14.6 Å².